The van der Waals surface area contributed by atoms with Crippen molar-refractivity contribution >= 4 is 23.5 Å². The molecule has 1 aliphatic rings. The van der Waals surface area contributed by atoms with Crippen molar-refractivity contribution in [3.63, 3.8) is 0 Å². The van der Waals surface area contributed by atoms with Crippen LogP contribution in [0.3, 0.4) is 0 Å². The number of methoxy groups -OCH3 is 1. The van der Waals surface area contributed by atoms with Crippen molar-refractivity contribution < 1.29 is 19.1 Å². The Morgan fingerprint density at radius 3 is 2.35 bits per heavy atom. The minimum atomic E-state index is -0.497. The fourth-order valence-corrected chi connectivity index (χ4v) is 4.03. The number of hydrogen-bond donors (Lipinski definition) is 0. The van der Waals surface area contributed by atoms with E-state index in [1.165, 1.54) is 0 Å². The maximum absolute atomic E-state index is 12.8. The molecular formula is C24H29ClN2O4. The Hall–Kier alpha value is -2.57. The number of nitrogens with zero attached hydrogens (tertiary/aromatic N) is 2. The van der Waals surface area contributed by atoms with Gasteiger partial charge in [-0.05, 0) is 42.7 Å². The van der Waals surface area contributed by atoms with Gasteiger partial charge in [-0.2, -0.15) is 0 Å². The molecule has 7 heteroatoms. The van der Waals surface area contributed by atoms with Gasteiger partial charge in [0.15, 0.2) is 0 Å². The molecule has 2 aromatic rings. The van der Waals surface area contributed by atoms with Gasteiger partial charge in [0.1, 0.15) is 11.8 Å². The highest BCUT2D eigenvalue weighted by atomic mass is 35.5. The minimum Gasteiger partial charge on any atom is -0.496 e. The predicted octanol–water partition coefficient (Wildman–Crippen LogP) is 3.73. The summed E-state index contributed by atoms with van der Waals surface area (Å²) < 4.78 is 10.7. The lowest BCUT2D eigenvalue weighted by atomic mass is 10.0. The second kappa shape index (κ2) is 11.2. The molecule has 3 rings (SSSR count). The Morgan fingerprint density at radius 1 is 1.03 bits per heavy atom. The SMILES string of the molecule is CCOC(=O)C(c1ccc(Cl)cc1)N1CCN(C(=O)CCc2ccccc2OC)CC1. The zero-order chi connectivity index (χ0) is 22.2. The Balaban J connectivity index is 1.60. The summed E-state index contributed by atoms with van der Waals surface area (Å²) >= 11 is 6.01. The molecule has 6 nitrogen and oxygen atoms in total. The summed E-state index contributed by atoms with van der Waals surface area (Å²) in [6, 6.07) is 14.5. The zero-order valence-electron chi connectivity index (χ0n) is 18.1. The summed E-state index contributed by atoms with van der Waals surface area (Å²) in [5.41, 5.74) is 1.88. The zero-order valence-corrected chi connectivity index (χ0v) is 18.8. The van der Waals surface area contributed by atoms with Crippen LogP contribution < -0.4 is 4.74 Å². The number of amides is 1. The maximum atomic E-state index is 12.8. The number of benzene rings is 2. The Kier molecular flexibility index (Phi) is 8.32. The Bertz CT molecular complexity index is 879. The van der Waals surface area contributed by atoms with E-state index in [0.717, 1.165) is 16.9 Å². The number of rotatable bonds is 8. The Labute approximate surface area is 188 Å². The van der Waals surface area contributed by atoms with Gasteiger partial charge in [0.2, 0.25) is 5.91 Å². The number of ether oxygens (including phenoxy) is 2. The molecule has 166 valence electrons. The molecule has 0 saturated carbocycles. The van der Waals surface area contributed by atoms with Crippen molar-refractivity contribution in [2.45, 2.75) is 25.8 Å². The van der Waals surface area contributed by atoms with Crippen LogP contribution >= 0.6 is 11.6 Å². The molecule has 1 aliphatic heterocycles. The number of para-hydroxylation sites is 1. The van der Waals surface area contributed by atoms with Crippen LogP contribution in [0.5, 0.6) is 5.75 Å². The van der Waals surface area contributed by atoms with E-state index in [4.69, 9.17) is 21.1 Å². The summed E-state index contributed by atoms with van der Waals surface area (Å²) in [6.07, 6.45) is 1.07. The van der Waals surface area contributed by atoms with Gasteiger partial charge in [0.05, 0.1) is 13.7 Å². The minimum absolute atomic E-state index is 0.115. The second-order valence-electron chi connectivity index (χ2n) is 7.43. The van der Waals surface area contributed by atoms with Gasteiger partial charge < -0.3 is 14.4 Å². The molecule has 0 aromatic heterocycles. The van der Waals surface area contributed by atoms with Crippen LogP contribution in [-0.4, -0.2) is 61.6 Å². The predicted molar refractivity (Wildman–Crippen MR) is 120 cm³/mol. The average molecular weight is 445 g/mol. The van der Waals surface area contributed by atoms with Gasteiger partial charge in [-0.15, -0.1) is 0 Å². The number of aryl methyl sites for hydroxylation is 1. The molecule has 0 N–H and O–H groups in total. The topological polar surface area (TPSA) is 59.1 Å². The summed E-state index contributed by atoms with van der Waals surface area (Å²) in [6.45, 7) is 4.49. The highest BCUT2D eigenvalue weighted by Gasteiger charge is 2.32. The van der Waals surface area contributed by atoms with Crippen LogP contribution in [-0.2, 0) is 20.7 Å². The summed E-state index contributed by atoms with van der Waals surface area (Å²) in [7, 11) is 1.64. The summed E-state index contributed by atoms with van der Waals surface area (Å²) in [5, 5.41) is 0.622. The summed E-state index contributed by atoms with van der Waals surface area (Å²) in [5.74, 6) is 0.644. The van der Waals surface area contributed by atoms with Gasteiger partial charge >= 0.3 is 5.97 Å². The first-order valence-electron chi connectivity index (χ1n) is 10.6. The number of carbonyl (C=O) groups excluding carboxylic acids is 2. The molecule has 1 saturated heterocycles. The molecule has 2 aromatic carbocycles. The first-order chi connectivity index (χ1) is 15.0. The molecule has 1 amide bonds. The molecule has 31 heavy (non-hydrogen) atoms. The first-order valence-corrected chi connectivity index (χ1v) is 11.0. The van der Waals surface area contributed by atoms with Crippen molar-refractivity contribution in [1.82, 2.24) is 9.80 Å². The molecule has 1 atom stereocenters. The van der Waals surface area contributed by atoms with Gasteiger partial charge in [-0.1, -0.05) is 41.9 Å². The van der Waals surface area contributed by atoms with Gasteiger partial charge in [0.25, 0.3) is 0 Å². The number of piperazine rings is 1. The van der Waals surface area contributed by atoms with Crippen LogP contribution in [0.15, 0.2) is 48.5 Å². The average Bonchev–Trinajstić information content (AvgIpc) is 2.79. The van der Waals surface area contributed by atoms with E-state index in [1.807, 2.05) is 41.3 Å². The highest BCUT2D eigenvalue weighted by Crippen LogP contribution is 2.26. The third-order valence-corrected chi connectivity index (χ3v) is 5.78. The first kappa shape index (κ1) is 23.1. The molecule has 0 bridgehead atoms. The van der Waals surface area contributed by atoms with Crippen molar-refractivity contribution in [2.75, 3.05) is 39.9 Å². The standard InChI is InChI=1S/C24H29ClN2O4/c1-3-31-24(29)23(19-8-11-20(25)12-9-19)27-16-14-26(15-17-27)22(28)13-10-18-6-4-5-7-21(18)30-2/h4-9,11-12,23H,3,10,13-17H2,1-2H3. The van der Waals surface area contributed by atoms with Gasteiger partial charge in [-0.25, -0.2) is 4.79 Å². The quantitative estimate of drug-likeness (QED) is 0.580. The van der Waals surface area contributed by atoms with E-state index < -0.39 is 6.04 Å². The van der Waals surface area contributed by atoms with Crippen molar-refractivity contribution in [3.8, 4) is 5.75 Å². The second-order valence-corrected chi connectivity index (χ2v) is 7.87. The van der Waals surface area contributed by atoms with Gasteiger partial charge in [-0.3, -0.25) is 9.69 Å². The maximum Gasteiger partial charge on any atom is 0.328 e. The van der Waals surface area contributed by atoms with E-state index in [0.29, 0.717) is 50.7 Å². The van der Waals surface area contributed by atoms with E-state index in [9.17, 15) is 9.59 Å². The van der Waals surface area contributed by atoms with Crippen LogP contribution in [0.4, 0.5) is 0 Å². The largest absolute Gasteiger partial charge is 0.496 e. The van der Waals surface area contributed by atoms with Crippen LogP contribution in [0.1, 0.15) is 30.5 Å². The van der Waals surface area contributed by atoms with E-state index in [-0.39, 0.29) is 11.9 Å². The summed E-state index contributed by atoms with van der Waals surface area (Å²) in [4.78, 5) is 29.4. The van der Waals surface area contributed by atoms with E-state index >= 15 is 0 Å². The lowest BCUT2D eigenvalue weighted by Crippen LogP contribution is -2.51. The smallest absolute Gasteiger partial charge is 0.328 e. The van der Waals surface area contributed by atoms with Gasteiger partial charge in [0, 0.05) is 37.6 Å². The van der Waals surface area contributed by atoms with Crippen molar-refractivity contribution in [2.24, 2.45) is 0 Å². The van der Waals surface area contributed by atoms with Crippen molar-refractivity contribution in [1.29, 1.82) is 0 Å². The number of carbonyl (C=O) groups is 2. The number of halogens is 1. The van der Waals surface area contributed by atoms with Crippen molar-refractivity contribution in [3.05, 3.63) is 64.7 Å². The molecular weight excluding hydrogens is 416 g/mol. The molecule has 0 radical (unpaired) electrons. The monoisotopic (exact) mass is 444 g/mol. The van der Waals surface area contributed by atoms with Crippen LogP contribution in [0.25, 0.3) is 0 Å². The highest BCUT2D eigenvalue weighted by molar-refractivity contribution is 6.30. The number of hydrogen-bond acceptors (Lipinski definition) is 5. The third kappa shape index (κ3) is 5.99. The molecule has 0 spiro atoms. The van der Waals surface area contributed by atoms with E-state index in [1.54, 1.807) is 26.2 Å². The molecule has 1 unspecified atom stereocenters. The third-order valence-electron chi connectivity index (χ3n) is 5.53. The fourth-order valence-electron chi connectivity index (χ4n) is 3.90. The van der Waals surface area contributed by atoms with Crippen LogP contribution in [0, 0.1) is 0 Å². The normalized spacial score (nSPS) is 15.4. The van der Waals surface area contributed by atoms with Crippen LogP contribution in [0.2, 0.25) is 5.02 Å². The molecule has 0 aliphatic carbocycles. The Morgan fingerprint density at radius 2 is 1.71 bits per heavy atom. The molecule has 1 heterocycles. The lowest BCUT2D eigenvalue weighted by molar-refractivity contribution is -0.151. The number of esters is 1. The fraction of sp³-hybridized carbons (Fsp3) is 0.417. The molecule has 1 fully saturated rings. The lowest BCUT2D eigenvalue weighted by Gasteiger charge is -2.38. The van der Waals surface area contributed by atoms with E-state index in [2.05, 4.69) is 4.90 Å².